The molecule has 6 heteroatoms. The Morgan fingerprint density at radius 3 is 2.57 bits per heavy atom. The summed E-state index contributed by atoms with van der Waals surface area (Å²) in [7, 11) is 0. The smallest absolute Gasteiger partial charge is 0.231 e. The van der Waals surface area contributed by atoms with Crippen molar-refractivity contribution in [1.29, 1.82) is 0 Å². The molecule has 0 aromatic heterocycles. The first-order valence-electron chi connectivity index (χ1n) is 7.54. The lowest BCUT2D eigenvalue weighted by atomic mass is 10.1. The SMILES string of the molecule is NC1NNCC1C(=O)Nc1ccc(OCc2ccccc2)cc1. The normalized spacial score (nSPS) is 20.2. The molecule has 0 saturated carbocycles. The summed E-state index contributed by atoms with van der Waals surface area (Å²) in [6, 6.07) is 17.3. The molecule has 23 heavy (non-hydrogen) atoms. The molecule has 0 radical (unpaired) electrons. The third-order valence-corrected chi connectivity index (χ3v) is 3.73. The van der Waals surface area contributed by atoms with Crippen LogP contribution in [0.4, 0.5) is 5.69 Å². The molecule has 3 rings (SSSR count). The first-order valence-corrected chi connectivity index (χ1v) is 7.54. The van der Waals surface area contributed by atoms with E-state index in [2.05, 4.69) is 16.2 Å². The molecule has 0 aliphatic carbocycles. The number of ether oxygens (including phenoxy) is 1. The maximum Gasteiger partial charge on any atom is 0.231 e. The Morgan fingerprint density at radius 2 is 1.91 bits per heavy atom. The van der Waals surface area contributed by atoms with E-state index in [1.54, 1.807) is 0 Å². The Morgan fingerprint density at radius 1 is 1.17 bits per heavy atom. The van der Waals surface area contributed by atoms with E-state index in [-0.39, 0.29) is 18.0 Å². The first-order chi connectivity index (χ1) is 11.2. The second-order valence-corrected chi connectivity index (χ2v) is 5.45. The highest BCUT2D eigenvalue weighted by atomic mass is 16.5. The number of rotatable bonds is 5. The molecule has 0 bridgehead atoms. The van der Waals surface area contributed by atoms with E-state index in [9.17, 15) is 4.79 Å². The van der Waals surface area contributed by atoms with Gasteiger partial charge in [-0.1, -0.05) is 30.3 Å². The number of benzene rings is 2. The van der Waals surface area contributed by atoms with E-state index in [1.807, 2.05) is 54.6 Å². The number of carbonyl (C=O) groups is 1. The van der Waals surface area contributed by atoms with Gasteiger partial charge in [0.15, 0.2) is 0 Å². The predicted molar refractivity (Wildman–Crippen MR) is 88.4 cm³/mol. The van der Waals surface area contributed by atoms with Gasteiger partial charge in [0, 0.05) is 12.2 Å². The number of hydrogen-bond donors (Lipinski definition) is 4. The van der Waals surface area contributed by atoms with Gasteiger partial charge >= 0.3 is 0 Å². The lowest BCUT2D eigenvalue weighted by molar-refractivity contribution is -0.119. The molecule has 1 amide bonds. The summed E-state index contributed by atoms with van der Waals surface area (Å²) in [5.74, 6) is 0.365. The number of nitrogens with one attached hydrogen (secondary N) is 3. The zero-order chi connectivity index (χ0) is 16.1. The standard InChI is InChI=1S/C17H20N4O2/c18-16-15(10-19-21-16)17(22)20-13-6-8-14(9-7-13)23-11-12-4-2-1-3-5-12/h1-9,15-16,19,21H,10-11,18H2,(H,20,22). The molecule has 2 aromatic rings. The van der Waals surface area contributed by atoms with E-state index in [0.29, 0.717) is 13.2 Å². The van der Waals surface area contributed by atoms with Gasteiger partial charge in [-0.2, -0.15) is 0 Å². The average Bonchev–Trinajstić information content (AvgIpc) is 3.01. The van der Waals surface area contributed by atoms with Crippen LogP contribution in [0.15, 0.2) is 54.6 Å². The minimum Gasteiger partial charge on any atom is -0.489 e. The van der Waals surface area contributed by atoms with Crippen LogP contribution in [0.1, 0.15) is 5.56 Å². The van der Waals surface area contributed by atoms with Crippen LogP contribution in [0.2, 0.25) is 0 Å². The summed E-state index contributed by atoms with van der Waals surface area (Å²) in [6.45, 7) is 1.03. The van der Waals surface area contributed by atoms with Crippen LogP contribution in [0, 0.1) is 5.92 Å². The van der Waals surface area contributed by atoms with Crippen molar-refractivity contribution in [3.63, 3.8) is 0 Å². The highest BCUT2D eigenvalue weighted by Crippen LogP contribution is 2.18. The maximum atomic E-state index is 12.1. The molecule has 0 spiro atoms. The van der Waals surface area contributed by atoms with E-state index in [1.165, 1.54) is 0 Å². The van der Waals surface area contributed by atoms with Gasteiger partial charge in [0.25, 0.3) is 0 Å². The largest absolute Gasteiger partial charge is 0.489 e. The molecule has 6 nitrogen and oxygen atoms in total. The van der Waals surface area contributed by atoms with E-state index >= 15 is 0 Å². The van der Waals surface area contributed by atoms with Crippen molar-refractivity contribution in [2.24, 2.45) is 11.7 Å². The molecule has 2 aromatic carbocycles. The Labute approximate surface area is 135 Å². The minimum atomic E-state index is -0.372. The molecule has 1 saturated heterocycles. The molecular formula is C17H20N4O2. The summed E-state index contributed by atoms with van der Waals surface area (Å²) >= 11 is 0. The minimum absolute atomic E-state index is 0.104. The van der Waals surface area contributed by atoms with Gasteiger partial charge in [-0.15, -0.1) is 0 Å². The third kappa shape index (κ3) is 4.07. The highest BCUT2D eigenvalue weighted by molar-refractivity contribution is 5.93. The number of amides is 1. The second-order valence-electron chi connectivity index (χ2n) is 5.45. The van der Waals surface area contributed by atoms with Crippen molar-refractivity contribution < 1.29 is 9.53 Å². The third-order valence-electron chi connectivity index (χ3n) is 3.73. The zero-order valence-corrected chi connectivity index (χ0v) is 12.7. The maximum absolute atomic E-state index is 12.1. The number of carbonyl (C=O) groups excluding carboxylic acids is 1. The van der Waals surface area contributed by atoms with Gasteiger partial charge < -0.3 is 15.8 Å². The number of hydrogen-bond acceptors (Lipinski definition) is 5. The molecule has 5 N–H and O–H groups in total. The molecule has 2 atom stereocenters. The van der Waals surface area contributed by atoms with Gasteiger partial charge in [0.05, 0.1) is 12.1 Å². The summed E-state index contributed by atoms with van der Waals surface area (Å²) in [5, 5.41) is 2.86. The van der Waals surface area contributed by atoms with E-state index in [4.69, 9.17) is 10.5 Å². The fourth-order valence-corrected chi connectivity index (χ4v) is 2.38. The average molecular weight is 312 g/mol. The van der Waals surface area contributed by atoms with Gasteiger partial charge in [-0.25, -0.2) is 5.43 Å². The molecule has 1 heterocycles. The molecular weight excluding hydrogens is 292 g/mol. The van der Waals surface area contributed by atoms with Gasteiger partial charge in [-0.3, -0.25) is 10.2 Å². The van der Waals surface area contributed by atoms with Crippen LogP contribution in [-0.4, -0.2) is 18.6 Å². The highest BCUT2D eigenvalue weighted by Gasteiger charge is 2.29. The molecule has 120 valence electrons. The topological polar surface area (TPSA) is 88.4 Å². The van der Waals surface area contributed by atoms with Gasteiger partial charge in [-0.05, 0) is 29.8 Å². The first kappa shape index (κ1) is 15.5. The number of hydrazine groups is 1. The molecule has 1 aliphatic rings. The van der Waals surface area contributed by atoms with Crippen molar-refractivity contribution in [2.75, 3.05) is 11.9 Å². The zero-order valence-electron chi connectivity index (χ0n) is 12.7. The fourth-order valence-electron chi connectivity index (χ4n) is 2.38. The monoisotopic (exact) mass is 312 g/mol. The predicted octanol–water partition coefficient (Wildman–Crippen LogP) is 1.21. The van der Waals surface area contributed by atoms with Crippen LogP contribution < -0.4 is 26.6 Å². The molecule has 1 aliphatic heterocycles. The number of nitrogens with two attached hydrogens (primary N) is 1. The van der Waals surface area contributed by atoms with Crippen molar-refractivity contribution in [1.82, 2.24) is 10.9 Å². The molecule has 1 fully saturated rings. The summed E-state index contributed by atoms with van der Waals surface area (Å²) in [4.78, 5) is 12.1. The Bertz CT molecular complexity index is 645. The van der Waals surface area contributed by atoms with Crippen molar-refractivity contribution in [3.8, 4) is 5.75 Å². The van der Waals surface area contributed by atoms with Gasteiger partial charge in [0.2, 0.25) is 5.91 Å². The lowest BCUT2D eigenvalue weighted by Gasteiger charge is -2.14. The van der Waals surface area contributed by atoms with Crippen LogP contribution >= 0.6 is 0 Å². The van der Waals surface area contributed by atoms with Crippen LogP contribution in [0.25, 0.3) is 0 Å². The second kappa shape index (κ2) is 7.23. The van der Waals surface area contributed by atoms with Crippen molar-refractivity contribution >= 4 is 11.6 Å². The van der Waals surface area contributed by atoms with Crippen molar-refractivity contribution in [2.45, 2.75) is 12.8 Å². The Hall–Kier alpha value is -2.41. The van der Waals surface area contributed by atoms with Crippen molar-refractivity contribution in [3.05, 3.63) is 60.2 Å². The Balaban J connectivity index is 1.53. The van der Waals surface area contributed by atoms with Crippen LogP contribution in [-0.2, 0) is 11.4 Å². The van der Waals surface area contributed by atoms with Crippen LogP contribution in [0.5, 0.6) is 5.75 Å². The van der Waals surface area contributed by atoms with Gasteiger partial charge in [0.1, 0.15) is 12.4 Å². The summed E-state index contributed by atoms with van der Waals surface area (Å²) in [6.07, 6.45) is -0.372. The van der Waals surface area contributed by atoms with Crippen LogP contribution in [0.3, 0.4) is 0 Å². The number of anilines is 1. The van der Waals surface area contributed by atoms with E-state index < -0.39 is 0 Å². The van der Waals surface area contributed by atoms with E-state index in [0.717, 1.165) is 17.0 Å². The molecule has 2 unspecified atom stereocenters. The summed E-state index contributed by atoms with van der Waals surface area (Å²) in [5.41, 5.74) is 13.3. The Kier molecular flexibility index (Phi) is 4.87. The fraction of sp³-hybridized carbons (Fsp3) is 0.235. The quantitative estimate of drug-likeness (QED) is 0.666. The lowest BCUT2D eigenvalue weighted by Crippen LogP contribution is -2.43. The summed E-state index contributed by atoms with van der Waals surface area (Å²) < 4.78 is 5.72.